The Morgan fingerprint density at radius 2 is 2.00 bits per heavy atom. The minimum atomic E-state index is -0.606. The van der Waals surface area contributed by atoms with Crippen molar-refractivity contribution >= 4 is 0 Å². The van der Waals surface area contributed by atoms with Gasteiger partial charge in [0.2, 0.25) is 0 Å². The minimum Gasteiger partial charge on any atom is -0.394 e. The molecule has 78 valence electrons. The van der Waals surface area contributed by atoms with Gasteiger partial charge in [0.15, 0.2) is 0 Å². The van der Waals surface area contributed by atoms with Gasteiger partial charge in [0.1, 0.15) is 0 Å². The maximum absolute atomic E-state index is 9.10. The zero-order chi connectivity index (χ0) is 9.73. The molecule has 1 atom stereocenters. The molecule has 1 aliphatic rings. The second kappa shape index (κ2) is 4.94. The second-order valence-electron chi connectivity index (χ2n) is 4.49. The summed E-state index contributed by atoms with van der Waals surface area (Å²) in [5, 5.41) is 20.9. The topological polar surface area (TPSA) is 52.5 Å². The van der Waals surface area contributed by atoms with Crippen LogP contribution in [0, 0.1) is 5.41 Å². The Kier molecular flexibility index (Phi) is 4.16. The Morgan fingerprint density at radius 1 is 1.38 bits per heavy atom. The van der Waals surface area contributed by atoms with Crippen molar-refractivity contribution in [1.29, 1.82) is 0 Å². The first-order valence-corrected chi connectivity index (χ1v) is 5.16. The van der Waals surface area contributed by atoms with Crippen molar-refractivity contribution < 1.29 is 10.2 Å². The van der Waals surface area contributed by atoms with E-state index in [9.17, 15) is 0 Å². The first kappa shape index (κ1) is 11.0. The molecule has 1 fully saturated rings. The van der Waals surface area contributed by atoms with Gasteiger partial charge in [-0.2, -0.15) is 0 Å². The maximum atomic E-state index is 9.10. The van der Waals surface area contributed by atoms with Gasteiger partial charge in [0.05, 0.1) is 12.7 Å². The molecule has 0 spiro atoms. The maximum Gasteiger partial charge on any atom is 0.0894 e. The van der Waals surface area contributed by atoms with Gasteiger partial charge in [-0.15, -0.1) is 0 Å². The molecule has 1 saturated carbocycles. The molecule has 0 amide bonds. The molecule has 1 rings (SSSR count). The predicted octanol–water partition coefficient (Wildman–Crippen LogP) is 0.509. The fourth-order valence-corrected chi connectivity index (χ4v) is 2.01. The largest absolute Gasteiger partial charge is 0.394 e. The quantitative estimate of drug-likeness (QED) is 0.588. The summed E-state index contributed by atoms with van der Waals surface area (Å²) in [6.45, 7) is 3.61. The molecule has 3 heteroatoms. The Bertz CT molecular complexity index is 144. The van der Waals surface area contributed by atoms with Crippen LogP contribution in [0.15, 0.2) is 0 Å². The third-order valence-electron chi connectivity index (χ3n) is 2.95. The van der Waals surface area contributed by atoms with E-state index in [-0.39, 0.29) is 6.61 Å². The summed E-state index contributed by atoms with van der Waals surface area (Å²) in [7, 11) is 0. The van der Waals surface area contributed by atoms with Crippen molar-refractivity contribution in [3.8, 4) is 0 Å². The van der Waals surface area contributed by atoms with Crippen LogP contribution in [0.2, 0.25) is 0 Å². The van der Waals surface area contributed by atoms with Crippen molar-refractivity contribution in [1.82, 2.24) is 5.32 Å². The van der Waals surface area contributed by atoms with Crippen molar-refractivity contribution in [2.24, 2.45) is 5.41 Å². The summed E-state index contributed by atoms with van der Waals surface area (Å²) < 4.78 is 0. The van der Waals surface area contributed by atoms with Crippen LogP contribution in [0.3, 0.4) is 0 Å². The molecule has 0 aromatic carbocycles. The molecular formula is C10H21NO2. The number of hydrogen-bond acceptors (Lipinski definition) is 3. The molecule has 13 heavy (non-hydrogen) atoms. The molecule has 0 radical (unpaired) electrons. The fraction of sp³-hybridized carbons (Fsp3) is 1.00. The average molecular weight is 187 g/mol. The van der Waals surface area contributed by atoms with Crippen LogP contribution in [0.5, 0.6) is 0 Å². The molecule has 3 nitrogen and oxygen atoms in total. The predicted molar refractivity (Wildman–Crippen MR) is 52.5 cm³/mol. The third-order valence-corrected chi connectivity index (χ3v) is 2.95. The number of aliphatic hydroxyl groups is 2. The van der Waals surface area contributed by atoms with Crippen LogP contribution in [0.1, 0.15) is 32.6 Å². The molecular weight excluding hydrogens is 166 g/mol. The Hall–Kier alpha value is -0.120. The second-order valence-corrected chi connectivity index (χ2v) is 4.49. The van der Waals surface area contributed by atoms with E-state index in [1.807, 2.05) is 0 Å². The van der Waals surface area contributed by atoms with Gasteiger partial charge in [-0.05, 0) is 18.3 Å². The number of nitrogens with one attached hydrogen (secondary N) is 1. The Balaban J connectivity index is 2.11. The van der Waals surface area contributed by atoms with E-state index in [1.54, 1.807) is 0 Å². The highest BCUT2D eigenvalue weighted by atomic mass is 16.3. The molecule has 0 saturated heterocycles. The highest BCUT2D eigenvalue weighted by molar-refractivity contribution is 4.82. The lowest BCUT2D eigenvalue weighted by Crippen LogP contribution is -2.36. The number of hydrogen-bond donors (Lipinski definition) is 3. The van der Waals surface area contributed by atoms with Gasteiger partial charge in [-0.1, -0.05) is 19.8 Å². The number of aliphatic hydroxyl groups excluding tert-OH is 2. The van der Waals surface area contributed by atoms with E-state index in [4.69, 9.17) is 10.2 Å². The van der Waals surface area contributed by atoms with E-state index in [1.165, 1.54) is 25.7 Å². The minimum absolute atomic E-state index is 0.149. The van der Waals surface area contributed by atoms with Gasteiger partial charge in [0, 0.05) is 13.1 Å². The van der Waals surface area contributed by atoms with Crippen molar-refractivity contribution in [3.05, 3.63) is 0 Å². The highest BCUT2D eigenvalue weighted by Crippen LogP contribution is 2.36. The van der Waals surface area contributed by atoms with E-state index in [2.05, 4.69) is 12.2 Å². The van der Waals surface area contributed by atoms with E-state index >= 15 is 0 Å². The van der Waals surface area contributed by atoms with Crippen molar-refractivity contribution in [2.75, 3.05) is 19.7 Å². The van der Waals surface area contributed by atoms with Crippen LogP contribution >= 0.6 is 0 Å². The summed E-state index contributed by atoms with van der Waals surface area (Å²) in [5.41, 5.74) is 0.426. The lowest BCUT2D eigenvalue weighted by molar-refractivity contribution is 0.0916. The van der Waals surface area contributed by atoms with Gasteiger partial charge >= 0.3 is 0 Å². The fourth-order valence-electron chi connectivity index (χ4n) is 2.01. The Morgan fingerprint density at radius 3 is 2.54 bits per heavy atom. The molecule has 0 heterocycles. The standard InChI is InChI=1S/C10H21NO2/c1-10(4-2-3-5-10)8-11-6-9(13)7-12/h9,11-13H,2-8H2,1H3/t9-/m0/s1. The van der Waals surface area contributed by atoms with E-state index < -0.39 is 6.10 Å². The zero-order valence-electron chi connectivity index (χ0n) is 8.42. The molecule has 0 unspecified atom stereocenters. The lowest BCUT2D eigenvalue weighted by atomic mass is 9.89. The van der Waals surface area contributed by atoms with Gasteiger partial charge in [-0.25, -0.2) is 0 Å². The van der Waals surface area contributed by atoms with Crippen molar-refractivity contribution in [3.63, 3.8) is 0 Å². The molecule has 1 aliphatic carbocycles. The van der Waals surface area contributed by atoms with Gasteiger partial charge in [0.25, 0.3) is 0 Å². The van der Waals surface area contributed by atoms with E-state index in [0.29, 0.717) is 12.0 Å². The molecule has 0 aromatic heterocycles. The molecule has 0 aliphatic heterocycles. The van der Waals surface area contributed by atoms with Gasteiger partial charge < -0.3 is 15.5 Å². The average Bonchev–Trinajstić information content (AvgIpc) is 2.52. The highest BCUT2D eigenvalue weighted by Gasteiger charge is 2.27. The summed E-state index contributed by atoms with van der Waals surface area (Å²) in [6.07, 6.45) is 4.64. The summed E-state index contributed by atoms with van der Waals surface area (Å²) in [5.74, 6) is 0. The monoisotopic (exact) mass is 187 g/mol. The van der Waals surface area contributed by atoms with Crippen LogP contribution in [-0.2, 0) is 0 Å². The smallest absolute Gasteiger partial charge is 0.0894 e. The van der Waals surface area contributed by atoms with Crippen LogP contribution in [-0.4, -0.2) is 36.0 Å². The SMILES string of the molecule is CC1(CNC[C@H](O)CO)CCCC1. The first-order chi connectivity index (χ1) is 6.16. The van der Waals surface area contributed by atoms with Crippen LogP contribution in [0.25, 0.3) is 0 Å². The van der Waals surface area contributed by atoms with E-state index in [0.717, 1.165) is 6.54 Å². The molecule has 3 N–H and O–H groups in total. The number of rotatable bonds is 5. The Labute approximate surface area is 80.2 Å². The molecule has 0 bridgehead atoms. The normalized spacial score (nSPS) is 23.3. The van der Waals surface area contributed by atoms with Crippen LogP contribution in [0.4, 0.5) is 0 Å². The summed E-state index contributed by atoms with van der Waals surface area (Å²) >= 11 is 0. The zero-order valence-corrected chi connectivity index (χ0v) is 8.42. The summed E-state index contributed by atoms with van der Waals surface area (Å²) in [6, 6.07) is 0. The first-order valence-electron chi connectivity index (χ1n) is 5.16. The lowest BCUT2D eigenvalue weighted by Gasteiger charge is -2.24. The van der Waals surface area contributed by atoms with Crippen molar-refractivity contribution in [2.45, 2.75) is 38.7 Å². The van der Waals surface area contributed by atoms with Gasteiger partial charge in [-0.3, -0.25) is 0 Å². The van der Waals surface area contributed by atoms with Crippen LogP contribution < -0.4 is 5.32 Å². The summed E-state index contributed by atoms with van der Waals surface area (Å²) in [4.78, 5) is 0. The third kappa shape index (κ3) is 3.63. The molecule has 0 aromatic rings.